The van der Waals surface area contributed by atoms with Crippen molar-refractivity contribution in [1.82, 2.24) is 14.8 Å². The number of nitrogens with two attached hydrogens (primary N) is 1. The van der Waals surface area contributed by atoms with E-state index in [9.17, 15) is 0 Å². The standard InChI is InChI=1S/C12H24N4/c1-5-10-14-11(16(4)15-10)6-7-12(2,3)8-9-13/h5-9,13H2,1-4H3. The van der Waals surface area contributed by atoms with Crippen LogP contribution in [0.25, 0.3) is 0 Å². The average Bonchev–Trinajstić information content (AvgIpc) is 2.56. The van der Waals surface area contributed by atoms with E-state index in [0.29, 0.717) is 5.41 Å². The summed E-state index contributed by atoms with van der Waals surface area (Å²) < 4.78 is 1.90. The SMILES string of the molecule is CCc1nc(CCC(C)(C)CCN)n(C)n1. The minimum absolute atomic E-state index is 0.299. The molecule has 4 nitrogen and oxygen atoms in total. The Morgan fingerprint density at radius 3 is 2.50 bits per heavy atom. The highest BCUT2D eigenvalue weighted by Gasteiger charge is 2.18. The molecule has 0 fully saturated rings. The molecule has 0 aromatic carbocycles. The molecule has 0 bridgehead atoms. The monoisotopic (exact) mass is 224 g/mol. The van der Waals surface area contributed by atoms with Gasteiger partial charge in [0.25, 0.3) is 0 Å². The van der Waals surface area contributed by atoms with Crippen LogP contribution in [0.2, 0.25) is 0 Å². The molecule has 1 rings (SSSR count). The summed E-state index contributed by atoms with van der Waals surface area (Å²) in [6.07, 6.45) is 4.06. The summed E-state index contributed by atoms with van der Waals surface area (Å²) in [5.74, 6) is 2.02. The minimum atomic E-state index is 0.299. The summed E-state index contributed by atoms with van der Waals surface area (Å²) in [7, 11) is 1.97. The Bertz CT molecular complexity index is 328. The Balaban J connectivity index is 2.56. The first-order valence-corrected chi connectivity index (χ1v) is 6.07. The molecule has 0 aliphatic rings. The van der Waals surface area contributed by atoms with Gasteiger partial charge >= 0.3 is 0 Å². The second-order valence-corrected chi connectivity index (χ2v) is 5.12. The number of rotatable bonds is 6. The van der Waals surface area contributed by atoms with Gasteiger partial charge in [0.15, 0.2) is 5.82 Å². The number of aromatic nitrogens is 3. The van der Waals surface area contributed by atoms with Crippen LogP contribution < -0.4 is 5.73 Å². The molecule has 16 heavy (non-hydrogen) atoms. The van der Waals surface area contributed by atoms with Crippen molar-refractivity contribution in [3.8, 4) is 0 Å². The van der Waals surface area contributed by atoms with Crippen molar-refractivity contribution in [2.75, 3.05) is 6.54 Å². The van der Waals surface area contributed by atoms with Gasteiger partial charge in [-0.05, 0) is 24.8 Å². The minimum Gasteiger partial charge on any atom is -0.330 e. The lowest BCUT2D eigenvalue weighted by Crippen LogP contribution is -2.18. The van der Waals surface area contributed by atoms with Gasteiger partial charge in [0, 0.05) is 19.9 Å². The van der Waals surface area contributed by atoms with Crippen molar-refractivity contribution in [3.63, 3.8) is 0 Å². The van der Waals surface area contributed by atoms with Crippen LogP contribution in [0.4, 0.5) is 0 Å². The first-order chi connectivity index (χ1) is 7.48. The third kappa shape index (κ3) is 3.59. The summed E-state index contributed by atoms with van der Waals surface area (Å²) in [6.45, 7) is 7.36. The van der Waals surface area contributed by atoms with Crippen molar-refractivity contribution >= 4 is 0 Å². The van der Waals surface area contributed by atoms with E-state index in [1.165, 1.54) is 0 Å². The molecule has 1 aromatic heterocycles. The lowest BCUT2D eigenvalue weighted by atomic mass is 9.84. The van der Waals surface area contributed by atoms with Gasteiger partial charge in [-0.3, -0.25) is 4.68 Å². The third-order valence-electron chi connectivity index (χ3n) is 3.06. The lowest BCUT2D eigenvalue weighted by molar-refractivity contribution is 0.309. The van der Waals surface area contributed by atoms with Crippen molar-refractivity contribution in [2.24, 2.45) is 18.2 Å². The number of hydrogen-bond acceptors (Lipinski definition) is 3. The molecule has 4 heteroatoms. The fourth-order valence-electron chi connectivity index (χ4n) is 1.81. The Morgan fingerprint density at radius 2 is 2.00 bits per heavy atom. The predicted octanol–water partition coefficient (Wildman–Crippen LogP) is 1.69. The van der Waals surface area contributed by atoms with Crippen LogP contribution in [-0.4, -0.2) is 21.3 Å². The van der Waals surface area contributed by atoms with Gasteiger partial charge < -0.3 is 5.73 Å². The number of nitrogens with zero attached hydrogens (tertiary/aromatic N) is 3. The topological polar surface area (TPSA) is 56.7 Å². The van der Waals surface area contributed by atoms with E-state index in [0.717, 1.165) is 43.9 Å². The van der Waals surface area contributed by atoms with Crippen LogP contribution >= 0.6 is 0 Å². The maximum atomic E-state index is 5.61. The normalized spacial score (nSPS) is 12.1. The fraction of sp³-hybridized carbons (Fsp3) is 0.833. The largest absolute Gasteiger partial charge is 0.330 e. The molecule has 0 unspecified atom stereocenters. The number of aryl methyl sites for hydroxylation is 3. The molecular weight excluding hydrogens is 200 g/mol. The van der Waals surface area contributed by atoms with E-state index in [-0.39, 0.29) is 0 Å². The molecule has 2 N–H and O–H groups in total. The van der Waals surface area contributed by atoms with Crippen LogP contribution in [0.1, 0.15) is 45.3 Å². The van der Waals surface area contributed by atoms with E-state index in [1.54, 1.807) is 0 Å². The molecule has 0 saturated heterocycles. The van der Waals surface area contributed by atoms with Crippen LogP contribution in [0.5, 0.6) is 0 Å². The smallest absolute Gasteiger partial charge is 0.150 e. The molecule has 0 saturated carbocycles. The average molecular weight is 224 g/mol. The third-order valence-corrected chi connectivity index (χ3v) is 3.06. The highest BCUT2D eigenvalue weighted by molar-refractivity contribution is 4.93. The molecule has 0 aliphatic carbocycles. The van der Waals surface area contributed by atoms with E-state index in [4.69, 9.17) is 5.73 Å². The van der Waals surface area contributed by atoms with Crippen LogP contribution in [0.3, 0.4) is 0 Å². The van der Waals surface area contributed by atoms with E-state index in [1.807, 2.05) is 11.7 Å². The maximum Gasteiger partial charge on any atom is 0.150 e. The molecule has 0 spiro atoms. The Morgan fingerprint density at radius 1 is 1.31 bits per heavy atom. The highest BCUT2D eigenvalue weighted by atomic mass is 15.3. The van der Waals surface area contributed by atoms with Gasteiger partial charge in [-0.2, -0.15) is 5.10 Å². The zero-order chi connectivity index (χ0) is 12.2. The zero-order valence-corrected chi connectivity index (χ0v) is 11.0. The summed E-state index contributed by atoms with van der Waals surface area (Å²) in [4.78, 5) is 4.51. The van der Waals surface area contributed by atoms with Gasteiger partial charge in [0.1, 0.15) is 5.82 Å². The fourth-order valence-corrected chi connectivity index (χ4v) is 1.81. The molecule has 0 atom stereocenters. The van der Waals surface area contributed by atoms with Gasteiger partial charge in [-0.25, -0.2) is 4.98 Å². The van der Waals surface area contributed by atoms with Crippen LogP contribution in [-0.2, 0) is 19.9 Å². The Labute approximate surface area is 98.2 Å². The van der Waals surface area contributed by atoms with Crippen LogP contribution in [0, 0.1) is 5.41 Å². The second kappa shape index (κ2) is 5.43. The van der Waals surface area contributed by atoms with Gasteiger partial charge in [0.05, 0.1) is 0 Å². The molecule has 92 valence electrons. The van der Waals surface area contributed by atoms with Gasteiger partial charge in [0.2, 0.25) is 0 Å². The van der Waals surface area contributed by atoms with Crippen molar-refractivity contribution < 1.29 is 0 Å². The summed E-state index contributed by atoms with van der Waals surface area (Å²) in [6, 6.07) is 0. The maximum absolute atomic E-state index is 5.61. The first-order valence-electron chi connectivity index (χ1n) is 6.07. The van der Waals surface area contributed by atoms with E-state index < -0.39 is 0 Å². The van der Waals surface area contributed by atoms with E-state index in [2.05, 4.69) is 30.9 Å². The summed E-state index contributed by atoms with van der Waals surface area (Å²) in [5.41, 5.74) is 5.90. The molecule has 0 radical (unpaired) electrons. The first kappa shape index (κ1) is 13.2. The molecular formula is C12H24N4. The van der Waals surface area contributed by atoms with Crippen molar-refractivity contribution in [2.45, 2.75) is 46.5 Å². The van der Waals surface area contributed by atoms with E-state index >= 15 is 0 Å². The van der Waals surface area contributed by atoms with Gasteiger partial charge in [-0.1, -0.05) is 20.8 Å². The quantitative estimate of drug-likeness (QED) is 0.800. The van der Waals surface area contributed by atoms with Crippen molar-refractivity contribution in [3.05, 3.63) is 11.6 Å². The Hall–Kier alpha value is -0.900. The molecule has 1 heterocycles. The molecule has 1 aromatic rings. The molecule has 0 aliphatic heterocycles. The van der Waals surface area contributed by atoms with Gasteiger partial charge in [-0.15, -0.1) is 0 Å². The van der Waals surface area contributed by atoms with Crippen LogP contribution in [0.15, 0.2) is 0 Å². The molecule has 0 amide bonds. The second-order valence-electron chi connectivity index (χ2n) is 5.12. The Kier molecular flexibility index (Phi) is 4.47. The summed E-state index contributed by atoms with van der Waals surface area (Å²) >= 11 is 0. The summed E-state index contributed by atoms with van der Waals surface area (Å²) in [5, 5.41) is 4.36. The zero-order valence-electron chi connectivity index (χ0n) is 11.0. The van der Waals surface area contributed by atoms with Crippen molar-refractivity contribution in [1.29, 1.82) is 0 Å². The predicted molar refractivity (Wildman–Crippen MR) is 66.2 cm³/mol. The lowest BCUT2D eigenvalue weighted by Gasteiger charge is -2.23. The highest BCUT2D eigenvalue weighted by Crippen LogP contribution is 2.25. The number of hydrogen-bond donors (Lipinski definition) is 1.